The minimum Gasteiger partial charge on any atom is -0.491 e. The number of hydrogen-bond donors (Lipinski definition) is 1. The van der Waals surface area contributed by atoms with E-state index in [0.29, 0.717) is 26.4 Å². The zero-order valence-corrected chi connectivity index (χ0v) is 10.7. The maximum absolute atomic E-state index is 9.78. The van der Waals surface area contributed by atoms with Crippen molar-refractivity contribution in [1.29, 1.82) is 0 Å². The predicted octanol–water partition coefficient (Wildman–Crippen LogP) is 1.71. The fraction of sp³-hybridized carbons (Fsp3) is 0.571. The third-order valence-corrected chi connectivity index (χ3v) is 3.11. The lowest BCUT2D eigenvalue weighted by atomic mass is 10.1. The fourth-order valence-electron chi connectivity index (χ4n) is 2.19. The van der Waals surface area contributed by atoms with Crippen molar-refractivity contribution in [2.24, 2.45) is 0 Å². The van der Waals surface area contributed by atoms with Crippen molar-refractivity contribution in [3.63, 3.8) is 0 Å². The third-order valence-electron chi connectivity index (χ3n) is 3.11. The summed E-state index contributed by atoms with van der Waals surface area (Å²) in [5.41, 5.74) is 2.15. The van der Waals surface area contributed by atoms with Crippen molar-refractivity contribution < 1.29 is 19.3 Å². The topological polar surface area (TPSA) is 47.9 Å². The lowest BCUT2D eigenvalue weighted by molar-refractivity contribution is 0.0543. The molecule has 0 spiro atoms. The highest BCUT2D eigenvalue weighted by atomic mass is 16.5. The molecule has 2 rings (SSSR count). The SMILES string of the molecule is COCCOCCOc1cccc2c1CCC2O. The summed E-state index contributed by atoms with van der Waals surface area (Å²) in [5, 5.41) is 9.78. The Morgan fingerprint density at radius 3 is 2.89 bits per heavy atom. The van der Waals surface area contributed by atoms with Gasteiger partial charge >= 0.3 is 0 Å². The average molecular weight is 252 g/mol. The van der Waals surface area contributed by atoms with Crippen LogP contribution >= 0.6 is 0 Å². The molecule has 0 saturated heterocycles. The molecule has 4 heteroatoms. The maximum Gasteiger partial charge on any atom is 0.122 e. The van der Waals surface area contributed by atoms with Crippen LogP contribution in [0, 0.1) is 0 Å². The molecule has 0 fully saturated rings. The van der Waals surface area contributed by atoms with Gasteiger partial charge in [-0.15, -0.1) is 0 Å². The minimum atomic E-state index is -0.332. The van der Waals surface area contributed by atoms with Crippen molar-refractivity contribution in [3.8, 4) is 5.75 Å². The molecule has 4 nitrogen and oxygen atoms in total. The number of ether oxygens (including phenoxy) is 3. The van der Waals surface area contributed by atoms with Crippen LogP contribution in [0.3, 0.4) is 0 Å². The Balaban J connectivity index is 1.80. The second-order valence-electron chi connectivity index (χ2n) is 4.33. The highest BCUT2D eigenvalue weighted by molar-refractivity contribution is 5.44. The van der Waals surface area contributed by atoms with Gasteiger partial charge in [0.1, 0.15) is 12.4 Å². The smallest absolute Gasteiger partial charge is 0.122 e. The highest BCUT2D eigenvalue weighted by Gasteiger charge is 2.22. The van der Waals surface area contributed by atoms with Gasteiger partial charge in [-0.2, -0.15) is 0 Å². The fourth-order valence-corrected chi connectivity index (χ4v) is 2.19. The summed E-state index contributed by atoms with van der Waals surface area (Å²) in [7, 11) is 1.65. The first-order valence-electron chi connectivity index (χ1n) is 6.32. The van der Waals surface area contributed by atoms with Crippen molar-refractivity contribution in [1.82, 2.24) is 0 Å². The summed E-state index contributed by atoms with van der Waals surface area (Å²) in [4.78, 5) is 0. The molecule has 0 amide bonds. The van der Waals surface area contributed by atoms with Gasteiger partial charge in [0.15, 0.2) is 0 Å². The summed E-state index contributed by atoms with van der Waals surface area (Å²) >= 11 is 0. The molecule has 18 heavy (non-hydrogen) atoms. The average Bonchev–Trinajstić information content (AvgIpc) is 2.77. The Morgan fingerprint density at radius 1 is 1.22 bits per heavy atom. The van der Waals surface area contributed by atoms with Crippen molar-refractivity contribution in [2.75, 3.05) is 33.5 Å². The van der Waals surface area contributed by atoms with Crippen LogP contribution in [0.2, 0.25) is 0 Å². The monoisotopic (exact) mass is 252 g/mol. The first kappa shape index (κ1) is 13.3. The zero-order chi connectivity index (χ0) is 12.8. The van der Waals surface area contributed by atoms with E-state index >= 15 is 0 Å². The van der Waals surface area contributed by atoms with Gasteiger partial charge in [-0.1, -0.05) is 12.1 Å². The maximum atomic E-state index is 9.78. The molecule has 1 aliphatic rings. The Hall–Kier alpha value is -1.10. The number of fused-ring (bicyclic) bond motifs is 1. The van der Waals surface area contributed by atoms with Crippen LogP contribution in [0.5, 0.6) is 5.75 Å². The molecule has 1 N–H and O–H groups in total. The van der Waals surface area contributed by atoms with Gasteiger partial charge in [0.25, 0.3) is 0 Å². The number of hydrogen-bond acceptors (Lipinski definition) is 4. The molecular formula is C14H20O4. The first-order valence-corrected chi connectivity index (χ1v) is 6.32. The number of methoxy groups -OCH3 is 1. The molecule has 0 radical (unpaired) electrons. The normalized spacial score (nSPS) is 17.8. The first-order chi connectivity index (χ1) is 8.83. The van der Waals surface area contributed by atoms with Gasteiger partial charge in [-0.25, -0.2) is 0 Å². The van der Waals surface area contributed by atoms with E-state index in [4.69, 9.17) is 14.2 Å². The van der Waals surface area contributed by atoms with E-state index in [1.165, 1.54) is 0 Å². The molecule has 0 heterocycles. The summed E-state index contributed by atoms with van der Waals surface area (Å²) in [6.07, 6.45) is 1.35. The molecule has 0 bridgehead atoms. The minimum absolute atomic E-state index is 0.332. The number of aliphatic hydroxyl groups is 1. The molecule has 1 unspecified atom stereocenters. The van der Waals surface area contributed by atoms with Crippen LogP contribution in [-0.2, 0) is 15.9 Å². The second kappa shape index (κ2) is 6.73. The van der Waals surface area contributed by atoms with E-state index in [9.17, 15) is 5.11 Å². The van der Waals surface area contributed by atoms with Crippen molar-refractivity contribution in [3.05, 3.63) is 29.3 Å². The molecule has 1 aromatic rings. The molecule has 1 atom stereocenters. The van der Waals surface area contributed by atoms with Crippen LogP contribution < -0.4 is 4.74 Å². The zero-order valence-electron chi connectivity index (χ0n) is 10.7. The predicted molar refractivity (Wildman–Crippen MR) is 67.9 cm³/mol. The van der Waals surface area contributed by atoms with Gasteiger partial charge in [-0.05, 0) is 24.5 Å². The molecular weight excluding hydrogens is 232 g/mol. The molecule has 0 saturated carbocycles. The van der Waals surface area contributed by atoms with E-state index in [0.717, 1.165) is 29.7 Å². The molecule has 0 aliphatic heterocycles. The second-order valence-corrected chi connectivity index (χ2v) is 4.33. The van der Waals surface area contributed by atoms with Gasteiger partial charge < -0.3 is 19.3 Å². The van der Waals surface area contributed by atoms with E-state index in [1.807, 2.05) is 18.2 Å². The number of aliphatic hydroxyl groups excluding tert-OH is 1. The van der Waals surface area contributed by atoms with E-state index in [1.54, 1.807) is 7.11 Å². The van der Waals surface area contributed by atoms with Gasteiger partial charge in [-0.3, -0.25) is 0 Å². The molecule has 1 aromatic carbocycles. The molecule has 1 aliphatic carbocycles. The standard InChI is InChI=1S/C14H20O4/c1-16-7-8-17-9-10-18-14-4-2-3-11-12(14)5-6-13(11)15/h2-4,13,15H,5-10H2,1H3. The van der Waals surface area contributed by atoms with Gasteiger partial charge in [0, 0.05) is 12.7 Å². The summed E-state index contributed by atoms with van der Waals surface area (Å²) in [5.74, 6) is 0.874. The van der Waals surface area contributed by atoms with E-state index < -0.39 is 0 Å². The summed E-state index contributed by atoms with van der Waals surface area (Å²) in [6, 6.07) is 5.84. The lowest BCUT2D eigenvalue weighted by Gasteiger charge is -2.11. The Bertz CT molecular complexity index is 378. The largest absolute Gasteiger partial charge is 0.491 e. The van der Waals surface area contributed by atoms with Crippen LogP contribution in [0.15, 0.2) is 18.2 Å². The third kappa shape index (κ3) is 3.22. The quantitative estimate of drug-likeness (QED) is 0.750. The summed E-state index contributed by atoms with van der Waals surface area (Å²) in [6.45, 7) is 2.27. The Morgan fingerprint density at radius 2 is 2.06 bits per heavy atom. The van der Waals surface area contributed by atoms with E-state index in [2.05, 4.69) is 0 Å². The Kier molecular flexibility index (Phi) is 4.99. The van der Waals surface area contributed by atoms with Crippen LogP contribution in [-0.4, -0.2) is 38.6 Å². The van der Waals surface area contributed by atoms with Gasteiger partial charge in [0.05, 0.1) is 25.9 Å². The van der Waals surface area contributed by atoms with E-state index in [-0.39, 0.29) is 6.10 Å². The lowest BCUT2D eigenvalue weighted by Crippen LogP contribution is -2.10. The highest BCUT2D eigenvalue weighted by Crippen LogP contribution is 2.36. The number of benzene rings is 1. The van der Waals surface area contributed by atoms with Gasteiger partial charge in [0.2, 0.25) is 0 Å². The van der Waals surface area contributed by atoms with Crippen molar-refractivity contribution >= 4 is 0 Å². The Labute approximate surface area is 107 Å². The van der Waals surface area contributed by atoms with Crippen LogP contribution in [0.25, 0.3) is 0 Å². The van der Waals surface area contributed by atoms with Crippen molar-refractivity contribution in [2.45, 2.75) is 18.9 Å². The molecule has 0 aromatic heterocycles. The van der Waals surface area contributed by atoms with Crippen LogP contribution in [0.1, 0.15) is 23.7 Å². The number of rotatable bonds is 7. The summed E-state index contributed by atoms with van der Waals surface area (Å²) < 4.78 is 15.9. The molecule has 100 valence electrons. The van der Waals surface area contributed by atoms with Crippen LogP contribution in [0.4, 0.5) is 0 Å².